The van der Waals surface area contributed by atoms with Crippen LogP contribution in [0.5, 0.6) is 0 Å². The van der Waals surface area contributed by atoms with Crippen LogP contribution in [-0.4, -0.2) is 25.7 Å². The standard InChI is InChI=1S/C14H21NO3S/c1-4-19(17,18)10-9-13(16)14(2,3)11-5-7-12(15)8-6-11/h5-8H,4,9-10,15H2,1-3H3. The lowest BCUT2D eigenvalue weighted by Gasteiger charge is -2.23. The van der Waals surface area contributed by atoms with Gasteiger partial charge in [-0.25, -0.2) is 8.42 Å². The molecule has 1 aromatic rings. The van der Waals surface area contributed by atoms with E-state index in [0.29, 0.717) is 5.69 Å². The summed E-state index contributed by atoms with van der Waals surface area (Å²) in [5, 5.41) is 0. The Hall–Kier alpha value is -1.36. The average molecular weight is 283 g/mol. The van der Waals surface area contributed by atoms with E-state index >= 15 is 0 Å². The van der Waals surface area contributed by atoms with E-state index < -0.39 is 15.3 Å². The zero-order valence-electron chi connectivity index (χ0n) is 11.6. The van der Waals surface area contributed by atoms with Gasteiger partial charge in [0.1, 0.15) is 15.6 Å². The molecule has 0 aliphatic heterocycles. The Balaban J connectivity index is 2.82. The van der Waals surface area contributed by atoms with Crippen LogP contribution >= 0.6 is 0 Å². The molecular weight excluding hydrogens is 262 g/mol. The van der Waals surface area contributed by atoms with Crippen molar-refractivity contribution in [3.8, 4) is 0 Å². The fourth-order valence-electron chi connectivity index (χ4n) is 1.77. The lowest BCUT2D eigenvalue weighted by atomic mass is 9.79. The molecule has 0 saturated heterocycles. The van der Waals surface area contributed by atoms with Crippen LogP contribution in [0.25, 0.3) is 0 Å². The van der Waals surface area contributed by atoms with Gasteiger partial charge in [0.2, 0.25) is 0 Å². The number of hydrogen-bond donors (Lipinski definition) is 1. The molecule has 0 aliphatic carbocycles. The van der Waals surface area contributed by atoms with E-state index in [4.69, 9.17) is 5.73 Å². The van der Waals surface area contributed by atoms with E-state index in [1.807, 2.05) is 12.1 Å². The van der Waals surface area contributed by atoms with Gasteiger partial charge in [-0.2, -0.15) is 0 Å². The lowest BCUT2D eigenvalue weighted by molar-refractivity contribution is -0.123. The van der Waals surface area contributed by atoms with Gasteiger partial charge in [0.25, 0.3) is 0 Å². The second-order valence-electron chi connectivity index (χ2n) is 5.16. The van der Waals surface area contributed by atoms with Crippen molar-refractivity contribution in [3.05, 3.63) is 29.8 Å². The fraction of sp³-hybridized carbons (Fsp3) is 0.500. The minimum absolute atomic E-state index is 0.0492. The molecule has 106 valence electrons. The predicted molar refractivity (Wildman–Crippen MR) is 77.8 cm³/mol. The maximum atomic E-state index is 12.2. The molecular formula is C14H21NO3S. The van der Waals surface area contributed by atoms with Crippen LogP contribution in [0.1, 0.15) is 32.8 Å². The third-order valence-electron chi connectivity index (χ3n) is 3.41. The number of anilines is 1. The summed E-state index contributed by atoms with van der Waals surface area (Å²) in [5.74, 6) is -0.0853. The van der Waals surface area contributed by atoms with E-state index in [-0.39, 0.29) is 23.7 Å². The highest BCUT2D eigenvalue weighted by atomic mass is 32.2. The highest BCUT2D eigenvalue weighted by Gasteiger charge is 2.29. The van der Waals surface area contributed by atoms with Gasteiger partial charge >= 0.3 is 0 Å². The Morgan fingerprint density at radius 3 is 2.21 bits per heavy atom. The minimum Gasteiger partial charge on any atom is -0.399 e. The number of ketones is 1. The van der Waals surface area contributed by atoms with Crippen LogP contribution in [0.3, 0.4) is 0 Å². The van der Waals surface area contributed by atoms with E-state index in [1.54, 1.807) is 32.9 Å². The number of benzene rings is 1. The monoisotopic (exact) mass is 283 g/mol. The van der Waals surface area contributed by atoms with Crippen LogP contribution in [0, 0.1) is 0 Å². The summed E-state index contributed by atoms with van der Waals surface area (Å²) >= 11 is 0. The first-order valence-electron chi connectivity index (χ1n) is 6.29. The van der Waals surface area contributed by atoms with Gasteiger partial charge in [-0.05, 0) is 31.5 Å². The second kappa shape index (κ2) is 5.74. The number of carbonyl (C=O) groups excluding carboxylic acids is 1. The highest BCUT2D eigenvalue weighted by molar-refractivity contribution is 7.91. The molecule has 0 radical (unpaired) electrons. The van der Waals surface area contributed by atoms with E-state index in [1.165, 1.54) is 0 Å². The first-order chi connectivity index (χ1) is 8.69. The third-order valence-corrected chi connectivity index (χ3v) is 5.12. The summed E-state index contributed by atoms with van der Waals surface area (Å²) in [6.45, 7) is 5.20. The summed E-state index contributed by atoms with van der Waals surface area (Å²) in [6, 6.07) is 7.10. The normalized spacial score (nSPS) is 12.4. The van der Waals surface area contributed by atoms with Crippen molar-refractivity contribution >= 4 is 21.3 Å². The van der Waals surface area contributed by atoms with Crippen molar-refractivity contribution in [3.63, 3.8) is 0 Å². The number of sulfone groups is 1. The summed E-state index contributed by atoms with van der Waals surface area (Å²) < 4.78 is 22.9. The summed E-state index contributed by atoms with van der Waals surface area (Å²) in [4.78, 5) is 12.2. The van der Waals surface area contributed by atoms with Crippen molar-refractivity contribution in [1.29, 1.82) is 0 Å². The van der Waals surface area contributed by atoms with Crippen LogP contribution < -0.4 is 5.73 Å². The molecule has 0 spiro atoms. The first-order valence-corrected chi connectivity index (χ1v) is 8.11. The summed E-state index contributed by atoms with van der Waals surface area (Å²) in [7, 11) is -3.10. The molecule has 0 atom stereocenters. The molecule has 4 nitrogen and oxygen atoms in total. The Labute approximate surface area is 114 Å². The number of rotatable bonds is 6. The molecule has 0 bridgehead atoms. The Kier molecular flexibility index (Phi) is 4.74. The minimum atomic E-state index is -3.10. The molecule has 5 heteroatoms. The number of Topliss-reactive ketones (excluding diaryl/α,β-unsaturated/α-hetero) is 1. The fourth-order valence-corrected chi connectivity index (χ4v) is 2.55. The Morgan fingerprint density at radius 1 is 1.21 bits per heavy atom. The summed E-state index contributed by atoms with van der Waals surface area (Å²) in [5.41, 5.74) is 6.41. The summed E-state index contributed by atoms with van der Waals surface area (Å²) in [6.07, 6.45) is 0.0492. The van der Waals surface area contributed by atoms with E-state index in [9.17, 15) is 13.2 Å². The average Bonchev–Trinajstić information content (AvgIpc) is 2.36. The van der Waals surface area contributed by atoms with E-state index in [2.05, 4.69) is 0 Å². The van der Waals surface area contributed by atoms with Crippen molar-refractivity contribution in [1.82, 2.24) is 0 Å². The number of carbonyl (C=O) groups is 1. The van der Waals surface area contributed by atoms with Gasteiger partial charge in [0.05, 0.1) is 5.75 Å². The first kappa shape index (κ1) is 15.7. The Bertz CT molecular complexity index is 545. The maximum Gasteiger partial charge on any atom is 0.150 e. The predicted octanol–water partition coefficient (Wildman–Crippen LogP) is 1.94. The number of hydrogen-bond acceptors (Lipinski definition) is 4. The van der Waals surface area contributed by atoms with Gasteiger partial charge in [-0.3, -0.25) is 4.79 Å². The molecule has 19 heavy (non-hydrogen) atoms. The molecule has 2 N–H and O–H groups in total. The van der Waals surface area contributed by atoms with Gasteiger partial charge < -0.3 is 5.73 Å². The maximum absolute atomic E-state index is 12.2. The number of nitrogen functional groups attached to an aromatic ring is 1. The molecule has 0 heterocycles. The van der Waals surface area contributed by atoms with Crippen LogP contribution in [0.2, 0.25) is 0 Å². The second-order valence-corrected chi connectivity index (χ2v) is 7.63. The third kappa shape index (κ3) is 4.06. The molecule has 0 amide bonds. The zero-order chi connectivity index (χ0) is 14.7. The molecule has 1 rings (SSSR count). The molecule has 0 unspecified atom stereocenters. The topological polar surface area (TPSA) is 77.2 Å². The molecule has 0 aromatic heterocycles. The smallest absolute Gasteiger partial charge is 0.150 e. The van der Waals surface area contributed by atoms with Crippen LogP contribution in [0.4, 0.5) is 5.69 Å². The van der Waals surface area contributed by atoms with Crippen molar-refractivity contribution < 1.29 is 13.2 Å². The van der Waals surface area contributed by atoms with Gasteiger partial charge in [-0.1, -0.05) is 19.1 Å². The zero-order valence-corrected chi connectivity index (χ0v) is 12.5. The van der Waals surface area contributed by atoms with Crippen LogP contribution in [-0.2, 0) is 20.0 Å². The molecule has 0 aliphatic rings. The molecule has 1 aromatic carbocycles. The van der Waals surface area contributed by atoms with Gasteiger partial charge in [0.15, 0.2) is 0 Å². The quantitative estimate of drug-likeness (QED) is 0.809. The largest absolute Gasteiger partial charge is 0.399 e. The lowest BCUT2D eigenvalue weighted by Crippen LogP contribution is -2.30. The highest BCUT2D eigenvalue weighted by Crippen LogP contribution is 2.26. The van der Waals surface area contributed by atoms with Crippen LogP contribution in [0.15, 0.2) is 24.3 Å². The number of nitrogens with two attached hydrogens (primary N) is 1. The van der Waals surface area contributed by atoms with Crippen molar-refractivity contribution in [2.45, 2.75) is 32.6 Å². The van der Waals surface area contributed by atoms with Gasteiger partial charge in [0, 0.05) is 23.3 Å². The van der Waals surface area contributed by atoms with E-state index in [0.717, 1.165) is 5.56 Å². The molecule has 0 fully saturated rings. The SMILES string of the molecule is CCS(=O)(=O)CCC(=O)C(C)(C)c1ccc(N)cc1. The van der Waals surface area contributed by atoms with Crippen molar-refractivity contribution in [2.75, 3.05) is 17.2 Å². The molecule has 0 saturated carbocycles. The van der Waals surface area contributed by atoms with Crippen molar-refractivity contribution in [2.24, 2.45) is 0 Å². The van der Waals surface area contributed by atoms with Gasteiger partial charge in [-0.15, -0.1) is 0 Å². The Morgan fingerprint density at radius 2 is 1.74 bits per heavy atom.